The smallest absolute Gasteiger partial charge is 0.248 e. The van der Waals surface area contributed by atoms with E-state index >= 15 is 0 Å². The SMILES string of the molecule is CC(=O)Nc1ccc(Oc2ccc(C(N)=O)cc2)c(Cl)c1. The van der Waals surface area contributed by atoms with Crippen molar-refractivity contribution in [3.05, 3.63) is 53.1 Å². The molecule has 0 aliphatic heterocycles. The van der Waals surface area contributed by atoms with E-state index < -0.39 is 5.91 Å². The lowest BCUT2D eigenvalue weighted by Crippen LogP contribution is -2.10. The highest BCUT2D eigenvalue weighted by molar-refractivity contribution is 6.32. The molecule has 2 aromatic rings. The number of hydrogen-bond donors (Lipinski definition) is 2. The molecule has 0 radical (unpaired) electrons. The molecule has 0 aliphatic carbocycles. The maximum atomic E-state index is 11.0. The number of rotatable bonds is 4. The number of anilines is 1. The van der Waals surface area contributed by atoms with E-state index in [4.69, 9.17) is 22.1 Å². The van der Waals surface area contributed by atoms with Crippen LogP contribution in [0.2, 0.25) is 5.02 Å². The fourth-order valence-corrected chi connectivity index (χ4v) is 1.90. The standard InChI is InChI=1S/C15H13ClN2O3/c1-9(19)18-11-4-7-14(13(16)8-11)21-12-5-2-10(3-6-12)15(17)20/h2-8H,1H3,(H2,17,20)(H,18,19). The second-order valence-corrected chi connectivity index (χ2v) is 4.72. The van der Waals surface area contributed by atoms with Crippen molar-refractivity contribution < 1.29 is 14.3 Å². The van der Waals surface area contributed by atoms with Crippen LogP contribution in [-0.2, 0) is 4.79 Å². The van der Waals surface area contributed by atoms with Crippen LogP contribution >= 0.6 is 11.6 Å². The zero-order chi connectivity index (χ0) is 15.4. The third-order valence-corrected chi connectivity index (χ3v) is 2.91. The number of carbonyl (C=O) groups excluding carboxylic acids is 2. The van der Waals surface area contributed by atoms with Crippen LogP contribution in [0.4, 0.5) is 5.69 Å². The largest absolute Gasteiger partial charge is 0.456 e. The predicted octanol–water partition coefficient (Wildman–Crippen LogP) is 3.19. The molecule has 0 saturated heterocycles. The molecule has 0 fully saturated rings. The van der Waals surface area contributed by atoms with E-state index in [2.05, 4.69) is 5.32 Å². The molecule has 2 rings (SSSR count). The molecule has 0 saturated carbocycles. The van der Waals surface area contributed by atoms with Crippen LogP contribution in [0.5, 0.6) is 11.5 Å². The minimum atomic E-state index is -0.501. The van der Waals surface area contributed by atoms with E-state index in [-0.39, 0.29) is 5.91 Å². The van der Waals surface area contributed by atoms with Crippen molar-refractivity contribution in [1.29, 1.82) is 0 Å². The number of amides is 2. The Morgan fingerprint density at radius 1 is 1.14 bits per heavy atom. The highest BCUT2D eigenvalue weighted by atomic mass is 35.5. The Morgan fingerprint density at radius 2 is 1.81 bits per heavy atom. The van der Waals surface area contributed by atoms with Gasteiger partial charge in [0, 0.05) is 18.2 Å². The molecule has 0 bridgehead atoms. The lowest BCUT2D eigenvalue weighted by Gasteiger charge is -2.09. The fourth-order valence-electron chi connectivity index (χ4n) is 1.68. The quantitative estimate of drug-likeness (QED) is 0.910. The normalized spacial score (nSPS) is 10.0. The van der Waals surface area contributed by atoms with E-state index in [9.17, 15) is 9.59 Å². The second kappa shape index (κ2) is 6.28. The monoisotopic (exact) mass is 304 g/mol. The summed E-state index contributed by atoms with van der Waals surface area (Å²) in [5, 5.41) is 2.99. The summed E-state index contributed by atoms with van der Waals surface area (Å²) in [6, 6.07) is 11.3. The minimum absolute atomic E-state index is 0.179. The third kappa shape index (κ3) is 3.97. The van der Waals surface area contributed by atoms with E-state index in [1.165, 1.54) is 6.92 Å². The summed E-state index contributed by atoms with van der Waals surface area (Å²) in [5.41, 5.74) is 6.15. The van der Waals surface area contributed by atoms with Gasteiger partial charge in [0.15, 0.2) is 0 Å². The summed E-state index contributed by atoms with van der Waals surface area (Å²) in [5.74, 6) is 0.285. The first-order valence-corrected chi connectivity index (χ1v) is 6.48. The zero-order valence-corrected chi connectivity index (χ0v) is 12.0. The van der Waals surface area contributed by atoms with Gasteiger partial charge in [-0.1, -0.05) is 11.6 Å². The molecule has 3 N–H and O–H groups in total. The zero-order valence-electron chi connectivity index (χ0n) is 11.2. The molecule has 21 heavy (non-hydrogen) atoms. The van der Waals surface area contributed by atoms with Crippen LogP contribution in [-0.4, -0.2) is 11.8 Å². The van der Waals surface area contributed by atoms with Crippen LogP contribution in [0.15, 0.2) is 42.5 Å². The number of ether oxygens (including phenoxy) is 1. The fraction of sp³-hybridized carbons (Fsp3) is 0.0667. The summed E-state index contributed by atoms with van der Waals surface area (Å²) in [4.78, 5) is 21.9. The van der Waals surface area contributed by atoms with Gasteiger partial charge in [0.2, 0.25) is 11.8 Å². The van der Waals surface area contributed by atoms with Crippen LogP contribution < -0.4 is 15.8 Å². The van der Waals surface area contributed by atoms with Gasteiger partial charge in [0.25, 0.3) is 0 Å². The number of primary amides is 1. The van der Waals surface area contributed by atoms with Gasteiger partial charge in [-0.2, -0.15) is 0 Å². The van der Waals surface area contributed by atoms with Crippen molar-refractivity contribution in [2.75, 3.05) is 5.32 Å². The van der Waals surface area contributed by atoms with Gasteiger partial charge in [-0.25, -0.2) is 0 Å². The number of nitrogens with two attached hydrogens (primary N) is 1. The topological polar surface area (TPSA) is 81.4 Å². The molecule has 0 aromatic heterocycles. The van der Waals surface area contributed by atoms with Crippen LogP contribution in [0.3, 0.4) is 0 Å². The lowest BCUT2D eigenvalue weighted by molar-refractivity contribution is -0.114. The average molecular weight is 305 g/mol. The Hall–Kier alpha value is -2.53. The Balaban J connectivity index is 2.15. The number of nitrogens with one attached hydrogen (secondary N) is 1. The summed E-state index contributed by atoms with van der Waals surface area (Å²) in [7, 11) is 0. The van der Waals surface area contributed by atoms with Crippen molar-refractivity contribution in [3.63, 3.8) is 0 Å². The Bertz CT molecular complexity index is 684. The molecule has 2 aromatic carbocycles. The molecule has 6 heteroatoms. The first kappa shape index (κ1) is 14.9. The Labute approximate surface area is 126 Å². The highest BCUT2D eigenvalue weighted by Crippen LogP contribution is 2.31. The van der Waals surface area contributed by atoms with E-state index in [1.54, 1.807) is 42.5 Å². The minimum Gasteiger partial charge on any atom is -0.456 e. The molecule has 2 amide bonds. The van der Waals surface area contributed by atoms with Crippen molar-refractivity contribution >= 4 is 29.1 Å². The summed E-state index contributed by atoms with van der Waals surface area (Å²) in [6.45, 7) is 1.42. The van der Waals surface area contributed by atoms with E-state index in [0.29, 0.717) is 27.8 Å². The van der Waals surface area contributed by atoms with Crippen molar-refractivity contribution in [1.82, 2.24) is 0 Å². The van der Waals surface area contributed by atoms with Gasteiger partial charge >= 0.3 is 0 Å². The summed E-state index contributed by atoms with van der Waals surface area (Å²) >= 11 is 6.09. The maximum absolute atomic E-state index is 11.0. The van der Waals surface area contributed by atoms with Gasteiger partial charge in [-0.05, 0) is 42.5 Å². The second-order valence-electron chi connectivity index (χ2n) is 4.32. The summed E-state index contributed by atoms with van der Waals surface area (Å²) in [6.07, 6.45) is 0. The molecule has 0 heterocycles. The number of benzene rings is 2. The van der Waals surface area contributed by atoms with Crippen molar-refractivity contribution in [2.45, 2.75) is 6.92 Å². The maximum Gasteiger partial charge on any atom is 0.248 e. The van der Waals surface area contributed by atoms with Gasteiger partial charge in [-0.15, -0.1) is 0 Å². The van der Waals surface area contributed by atoms with Crippen molar-refractivity contribution in [2.24, 2.45) is 5.73 Å². The molecule has 0 atom stereocenters. The van der Waals surface area contributed by atoms with Gasteiger partial charge in [0.05, 0.1) is 5.02 Å². The lowest BCUT2D eigenvalue weighted by atomic mass is 10.2. The Kier molecular flexibility index (Phi) is 4.45. The van der Waals surface area contributed by atoms with Gasteiger partial charge in [0.1, 0.15) is 11.5 Å². The molecular weight excluding hydrogens is 292 g/mol. The predicted molar refractivity (Wildman–Crippen MR) is 80.8 cm³/mol. The summed E-state index contributed by atoms with van der Waals surface area (Å²) < 4.78 is 5.61. The molecule has 0 spiro atoms. The third-order valence-electron chi connectivity index (χ3n) is 2.62. The average Bonchev–Trinajstić information content (AvgIpc) is 2.42. The molecular formula is C15H13ClN2O3. The molecule has 108 valence electrons. The van der Waals surface area contributed by atoms with Crippen LogP contribution in [0.1, 0.15) is 17.3 Å². The van der Waals surface area contributed by atoms with E-state index in [0.717, 1.165) is 0 Å². The molecule has 5 nitrogen and oxygen atoms in total. The molecule has 0 aliphatic rings. The van der Waals surface area contributed by atoms with Crippen LogP contribution in [0, 0.1) is 0 Å². The first-order chi connectivity index (χ1) is 9.95. The van der Waals surface area contributed by atoms with Crippen molar-refractivity contribution in [3.8, 4) is 11.5 Å². The first-order valence-electron chi connectivity index (χ1n) is 6.10. The van der Waals surface area contributed by atoms with Crippen LogP contribution in [0.25, 0.3) is 0 Å². The van der Waals surface area contributed by atoms with Gasteiger partial charge in [-0.3, -0.25) is 9.59 Å². The number of hydrogen-bond acceptors (Lipinski definition) is 3. The van der Waals surface area contributed by atoms with Gasteiger partial charge < -0.3 is 15.8 Å². The van der Waals surface area contributed by atoms with E-state index in [1.807, 2.05) is 0 Å². The molecule has 0 unspecified atom stereocenters. The number of carbonyl (C=O) groups is 2. The Morgan fingerprint density at radius 3 is 2.33 bits per heavy atom. The number of halogens is 1. The highest BCUT2D eigenvalue weighted by Gasteiger charge is 2.06.